The van der Waals surface area contributed by atoms with Crippen LogP contribution in [0.2, 0.25) is 10.0 Å². The van der Waals surface area contributed by atoms with E-state index in [4.69, 9.17) is 33.0 Å². The summed E-state index contributed by atoms with van der Waals surface area (Å²) in [5, 5.41) is 12.3. The van der Waals surface area contributed by atoms with Gasteiger partial charge in [0.1, 0.15) is 12.0 Å². The third-order valence-corrected chi connectivity index (χ3v) is 4.50. The Kier molecular flexibility index (Phi) is 6.64. The molecule has 1 aromatic carbocycles. The SMILES string of the molecule is COCCC(NC(=O)C1CCN(c2cc(Cl)ccc2Cl)C1=O)C(=O)O. The molecule has 2 N–H and O–H groups in total. The summed E-state index contributed by atoms with van der Waals surface area (Å²) in [5.41, 5.74) is 0.434. The monoisotopic (exact) mass is 388 g/mol. The van der Waals surface area contributed by atoms with Gasteiger partial charge in [0.25, 0.3) is 0 Å². The molecule has 1 aliphatic rings. The smallest absolute Gasteiger partial charge is 0.326 e. The van der Waals surface area contributed by atoms with Crippen LogP contribution in [-0.2, 0) is 19.1 Å². The van der Waals surface area contributed by atoms with Crippen molar-refractivity contribution in [3.63, 3.8) is 0 Å². The zero-order valence-electron chi connectivity index (χ0n) is 13.5. The minimum Gasteiger partial charge on any atom is -0.480 e. The number of nitrogens with zero attached hydrogens (tertiary/aromatic N) is 1. The molecular formula is C16H18Cl2N2O5. The number of nitrogens with one attached hydrogen (secondary N) is 1. The normalized spacial score (nSPS) is 18.3. The molecule has 1 fully saturated rings. The van der Waals surface area contributed by atoms with Gasteiger partial charge in [-0.1, -0.05) is 23.2 Å². The van der Waals surface area contributed by atoms with Crippen molar-refractivity contribution in [2.75, 3.05) is 25.2 Å². The Bertz CT molecular complexity index is 682. The molecule has 1 aromatic rings. The molecule has 2 atom stereocenters. The van der Waals surface area contributed by atoms with Crippen LogP contribution in [-0.4, -0.2) is 49.2 Å². The third kappa shape index (κ3) is 4.62. The van der Waals surface area contributed by atoms with Gasteiger partial charge < -0.3 is 20.1 Å². The van der Waals surface area contributed by atoms with E-state index in [1.54, 1.807) is 18.2 Å². The number of rotatable bonds is 7. The predicted molar refractivity (Wildman–Crippen MR) is 93.0 cm³/mol. The zero-order valence-corrected chi connectivity index (χ0v) is 15.0. The molecule has 2 rings (SSSR count). The van der Waals surface area contributed by atoms with Crippen LogP contribution in [0.1, 0.15) is 12.8 Å². The molecule has 1 saturated heterocycles. The van der Waals surface area contributed by atoms with Crippen molar-refractivity contribution in [1.82, 2.24) is 5.32 Å². The van der Waals surface area contributed by atoms with Crippen LogP contribution in [0.5, 0.6) is 0 Å². The molecule has 0 bridgehead atoms. The van der Waals surface area contributed by atoms with Crippen molar-refractivity contribution in [2.24, 2.45) is 5.92 Å². The van der Waals surface area contributed by atoms with Gasteiger partial charge >= 0.3 is 5.97 Å². The Morgan fingerprint density at radius 2 is 2.16 bits per heavy atom. The molecule has 7 nitrogen and oxygen atoms in total. The minimum atomic E-state index is -1.18. The Morgan fingerprint density at radius 3 is 2.80 bits per heavy atom. The van der Waals surface area contributed by atoms with Crippen molar-refractivity contribution in [3.8, 4) is 0 Å². The lowest BCUT2D eigenvalue weighted by Gasteiger charge is -2.19. The van der Waals surface area contributed by atoms with Gasteiger partial charge in [-0.05, 0) is 24.6 Å². The number of carbonyl (C=O) groups is 3. The van der Waals surface area contributed by atoms with Crippen LogP contribution in [0.4, 0.5) is 5.69 Å². The lowest BCUT2D eigenvalue weighted by atomic mass is 10.1. The van der Waals surface area contributed by atoms with Crippen LogP contribution < -0.4 is 10.2 Å². The van der Waals surface area contributed by atoms with E-state index in [1.807, 2.05) is 0 Å². The van der Waals surface area contributed by atoms with Crippen LogP contribution in [0.15, 0.2) is 18.2 Å². The van der Waals surface area contributed by atoms with Crippen molar-refractivity contribution in [3.05, 3.63) is 28.2 Å². The predicted octanol–water partition coefficient (Wildman–Crippen LogP) is 1.95. The quantitative estimate of drug-likeness (QED) is 0.695. The molecule has 0 radical (unpaired) electrons. The number of anilines is 1. The number of methoxy groups -OCH3 is 1. The topological polar surface area (TPSA) is 95.9 Å². The summed E-state index contributed by atoms with van der Waals surface area (Å²) in [4.78, 5) is 37.5. The number of aliphatic carboxylic acids is 1. The maximum atomic E-state index is 12.6. The summed E-state index contributed by atoms with van der Waals surface area (Å²) < 4.78 is 4.83. The largest absolute Gasteiger partial charge is 0.480 e. The molecule has 1 heterocycles. The highest BCUT2D eigenvalue weighted by molar-refractivity contribution is 6.36. The minimum absolute atomic E-state index is 0.113. The van der Waals surface area contributed by atoms with Gasteiger partial charge in [-0.15, -0.1) is 0 Å². The number of ether oxygens (including phenoxy) is 1. The van der Waals surface area contributed by atoms with Crippen LogP contribution in [0.3, 0.4) is 0 Å². The first-order valence-electron chi connectivity index (χ1n) is 7.63. The first-order valence-corrected chi connectivity index (χ1v) is 8.39. The van der Waals surface area contributed by atoms with E-state index in [-0.39, 0.29) is 19.4 Å². The van der Waals surface area contributed by atoms with Gasteiger partial charge in [0.05, 0.1) is 10.7 Å². The molecule has 1 aliphatic heterocycles. The summed E-state index contributed by atoms with van der Waals surface area (Å²) in [5.74, 6) is -3.18. The standard InChI is InChI=1S/C16H18Cl2N2O5/c1-25-7-5-12(16(23)24)19-14(21)10-4-6-20(15(10)22)13-8-9(17)2-3-11(13)18/h2-3,8,10,12H,4-7H2,1H3,(H,19,21)(H,23,24). The van der Waals surface area contributed by atoms with E-state index in [0.29, 0.717) is 22.3 Å². The van der Waals surface area contributed by atoms with Gasteiger partial charge in [0.15, 0.2) is 0 Å². The second-order valence-electron chi connectivity index (χ2n) is 5.61. The molecule has 136 valence electrons. The Labute approximate surface area is 154 Å². The lowest BCUT2D eigenvalue weighted by Crippen LogP contribution is -2.46. The van der Waals surface area contributed by atoms with Crippen molar-refractivity contribution >= 4 is 46.7 Å². The first-order chi connectivity index (χ1) is 11.8. The van der Waals surface area contributed by atoms with Crippen molar-refractivity contribution in [1.29, 1.82) is 0 Å². The molecule has 25 heavy (non-hydrogen) atoms. The third-order valence-electron chi connectivity index (χ3n) is 3.95. The van der Waals surface area contributed by atoms with Gasteiger partial charge in [-0.2, -0.15) is 0 Å². The Morgan fingerprint density at radius 1 is 1.44 bits per heavy atom. The summed E-state index contributed by atoms with van der Waals surface area (Å²) in [6.07, 6.45) is 0.381. The summed E-state index contributed by atoms with van der Waals surface area (Å²) in [7, 11) is 1.44. The number of carboxylic acids is 1. The molecule has 2 amide bonds. The second-order valence-corrected chi connectivity index (χ2v) is 6.45. The van der Waals surface area contributed by atoms with E-state index < -0.39 is 29.7 Å². The molecule has 0 aromatic heterocycles. The molecule has 0 spiro atoms. The van der Waals surface area contributed by atoms with Crippen LogP contribution in [0.25, 0.3) is 0 Å². The number of benzene rings is 1. The molecule has 9 heteroatoms. The summed E-state index contributed by atoms with van der Waals surface area (Å²) in [6, 6.07) is 3.63. The maximum absolute atomic E-state index is 12.6. The highest BCUT2D eigenvalue weighted by atomic mass is 35.5. The number of amides is 2. The number of hydrogen-bond donors (Lipinski definition) is 2. The average Bonchev–Trinajstić information content (AvgIpc) is 2.94. The number of carbonyl (C=O) groups excluding carboxylic acids is 2. The second kappa shape index (κ2) is 8.51. The van der Waals surface area contributed by atoms with Crippen LogP contribution in [0, 0.1) is 5.92 Å². The fraction of sp³-hybridized carbons (Fsp3) is 0.438. The molecule has 0 aliphatic carbocycles. The molecule has 0 saturated carbocycles. The maximum Gasteiger partial charge on any atom is 0.326 e. The van der Waals surface area contributed by atoms with E-state index in [0.717, 1.165) is 0 Å². The highest BCUT2D eigenvalue weighted by Gasteiger charge is 2.39. The van der Waals surface area contributed by atoms with Gasteiger partial charge in [0.2, 0.25) is 11.8 Å². The summed E-state index contributed by atoms with van der Waals surface area (Å²) >= 11 is 12.0. The highest BCUT2D eigenvalue weighted by Crippen LogP contribution is 2.33. The van der Waals surface area contributed by atoms with Gasteiger partial charge in [-0.25, -0.2) is 4.79 Å². The summed E-state index contributed by atoms with van der Waals surface area (Å²) in [6.45, 7) is 0.479. The fourth-order valence-corrected chi connectivity index (χ4v) is 3.01. The Balaban J connectivity index is 2.09. The van der Waals surface area contributed by atoms with E-state index >= 15 is 0 Å². The zero-order chi connectivity index (χ0) is 18.6. The van der Waals surface area contributed by atoms with Crippen LogP contribution >= 0.6 is 23.2 Å². The lowest BCUT2D eigenvalue weighted by molar-refractivity contribution is -0.144. The van der Waals surface area contributed by atoms with Crippen molar-refractivity contribution in [2.45, 2.75) is 18.9 Å². The molecule has 2 unspecified atom stereocenters. The first kappa shape index (κ1) is 19.5. The van der Waals surface area contributed by atoms with E-state index in [2.05, 4.69) is 5.32 Å². The number of halogens is 2. The number of carboxylic acid groups (broad SMARTS) is 1. The van der Waals surface area contributed by atoms with E-state index in [1.165, 1.54) is 12.0 Å². The average molecular weight is 389 g/mol. The van der Waals surface area contributed by atoms with Crippen molar-refractivity contribution < 1.29 is 24.2 Å². The fourth-order valence-electron chi connectivity index (χ4n) is 2.62. The molecular weight excluding hydrogens is 371 g/mol. The van der Waals surface area contributed by atoms with Gasteiger partial charge in [0, 0.05) is 31.7 Å². The van der Waals surface area contributed by atoms with Gasteiger partial charge in [-0.3, -0.25) is 9.59 Å². The Hall–Kier alpha value is -1.83. The van der Waals surface area contributed by atoms with E-state index in [9.17, 15) is 14.4 Å². The number of hydrogen-bond acceptors (Lipinski definition) is 4.